The van der Waals surface area contributed by atoms with Gasteiger partial charge >= 0.3 is 0 Å². The normalized spacial score (nSPS) is 16.1. The van der Waals surface area contributed by atoms with E-state index in [-0.39, 0.29) is 18.7 Å². The predicted molar refractivity (Wildman–Crippen MR) is 154 cm³/mol. The van der Waals surface area contributed by atoms with Crippen molar-refractivity contribution in [2.45, 2.75) is 31.8 Å². The molecular weight excluding hydrogens is 551 g/mol. The van der Waals surface area contributed by atoms with E-state index >= 15 is 0 Å². The molecule has 1 saturated carbocycles. The summed E-state index contributed by atoms with van der Waals surface area (Å²) in [7, 11) is 0. The molecule has 7 nitrogen and oxygen atoms in total. The van der Waals surface area contributed by atoms with Crippen molar-refractivity contribution < 1.29 is 23.7 Å². The van der Waals surface area contributed by atoms with Gasteiger partial charge in [-0.15, -0.1) is 0 Å². The average Bonchev–Trinajstić information content (AvgIpc) is 3.72. The Labute approximate surface area is 243 Å². The van der Waals surface area contributed by atoms with Gasteiger partial charge in [0.05, 0.1) is 10.0 Å². The summed E-state index contributed by atoms with van der Waals surface area (Å²) in [6, 6.07) is 19.2. The maximum Gasteiger partial charge on any atom is 0.251 e. The number of carbonyl (C=O) groups excluding carboxylic acids is 1. The van der Waals surface area contributed by atoms with E-state index in [9.17, 15) is 4.79 Å². The summed E-state index contributed by atoms with van der Waals surface area (Å²) in [5.41, 5.74) is 3.78. The standard InChI is InChI=1S/C31H30Cl2N2O5/c32-27-3-1-2-21(30(27)33)18-35(22-6-7-22)31(36)26-17-34-13-12-25(26)20-4-8-23(9-5-20)37-14-15-38-24-10-11-28-29(16-24)40-19-39-28/h1-5,8-11,16,22,34H,6-7,12-15,17-19H2. The summed E-state index contributed by atoms with van der Waals surface area (Å²) in [5.74, 6) is 2.92. The van der Waals surface area contributed by atoms with E-state index in [2.05, 4.69) is 5.32 Å². The van der Waals surface area contributed by atoms with Crippen molar-refractivity contribution in [3.05, 3.63) is 87.4 Å². The van der Waals surface area contributed by atoms with Crippen LogP contribution in [0.1, 0.15) is 30.4 Å². The molecule has 0 atom stereocenters. The van der Waals surface area contributed by atoms with Gasteiger partial charge in [0.25, 0.3) is 5.91 Å². The molecule has 0 unspecified atom stereocenters. The van der Waals surface area contributed by atoms with Crippen molar-refractivity contribution in [2.75, 3.05) is 33.1 Å². The molecule has 0 aromatic heterocycles. The van der Waals surface area contributed by atoms with Gasteiger partial charge in [0.2, 0.25) is 6.79 Å². The lowest BCUT2D eigenvalue weighted by molar-refractivity contribution is -0.128. The molecule has 0 bridgehead atoms. The summed E-state index contributed by atoms with van der Waals surface area (Å²) in [6.45, 7) is 2.83. The smallest absolute Gasteiger partial charge is 0.251 e. The molecule has 40 heavy (non-hydrogen) atoms. The number of hydrogen-bond donors (Lipinski definition) is 1. The Kier molecular flexibility index (Phi) is 8.05. The van der Waals surface area contributed by atoms with Gasteiger partial charge in [-0.1, -0.05) is 47.5 Å². The van der Waals surface area contributed by atoms with Crippen LogP contribution in [0.2, 0.25) is 10.0 Å². The largest absolute Gasteiger partial charge is 0.490 e. The number of benzene rings is 3. The highest BCUT2D eigenvalue weighted by Crippen LogP contribution is 2.36. The maximum absolute atomic E-state index is 13.9. The van der Waals surface area contributed by atoms with Gasteiger partial charge in [0.15, 0.2) is 11.5 Å². The van der Waals surface area contributed by atoms with E-state index in [4.69, 9.17) is 42.1 Å². The molecule has 2 aliphatic heterocycles. The second-order valence-electron chi connectivity index (χ2n) is 10.00. The zero-order chi connectivity index (χ0) is 27.5. The predicted octanol–water partition coefficient (Wildman–Crippen LogP) is 6.12. The third kappa shape index (κ3) is 6.02. The molecule has 1 amide bonds. The van der Waals surface area contributed by atoms with E-state index in [0.29, 0.717) is 47.8 Å². The Balaban J connectivity index is 1.11. The molecule has 1 aliphatic carbocycles. The number of ether oxygens (including phenoxy) is 4. The number of fused-ring (bicyclic) bond motifs is 1. The highest BCUT2D eigenvalue weighted by molar-refractivity contribution is 6.42. The van der Waals surface area contributed by atoms with Crippen LogP contribution in [0.15, 0.2) is 66.2 Å². The van der Waals surface area contributed by atoms with Crippen LogP contribution in [0.3, 0.4) is 0 Å². The van der Waals surface area contributed by atoms with Crippen molar-refractivity contribution in [1.29, 1.82) is 0 Å². The number of nitrogens with zero attached hydrogens (tertiary/aromatic N) is 1. The van der Waals surface area contributed by atoms with Crippen LogP contribution in [-0.2, 0) is 11.3 Å². The number of amides is 1. The topological polar surface area (TPSA) is 69.3 Å². The van der Waals surface area contributed by atoms with Crippen LogP contribution in [0.5, 0.6) is 23.0 Å². The van der Waals surface area contributed by atoms with Crippen LogP contribution >= 0.6 is 23.2 Å². The second-order valence-corrected chi connectivity index (χ2v) is 10.8. The number of hydrogen-bond acceptors (Lipinski definition) is 6. The minimum Gasteiger partial charge on any atom is -0.490 e. The summed E-state index contributed by atoms with van der Waals surface area (Å²) in [4.78, 5) is 15.8. The Bertz CT molecular complexity index is 1420. The molecule has 9 heteroatoms. The third-order valence-electron chi connectivity index (χ3n) is 7.26. The summed E-state index contributed by atoms with van der Waals surface area (Å²) in [6.07, 6.45) is 2.79. The fraction of sp³-hybridized carbons (Fsp3) is 0.323. The molecule has 1 N–H and O–H groups in total. The summed E-state index contributed by atoms with van der Waals surface area (Å²) >= 11 is 12.7. The Morgan fingerprint density at radius 1 is 0.950 bits per heavy atom. The Hall–Kier alpha value is -3.39. The van der Waals surface area contributed by atoms with Crippen LogP contribution in [0.25, 0.3) is 5.57 Å². The van der Waals surface area contributed by atoms with Crippen LogP contribution in [0.4, 0.5) is 0 Å². The van der Waals surface area contributed by atoms with E-state index < -0.39 is 0 Å². The number of carbonyl (C=O) groups is 1. The lowest BCUT2D eigenvalue weighted by Gasteiger charge is -2.28. The highest BCUT2D eigenvalue weighted by Gasteiger charge is 2.35. The van der Waals surface area contributed by atoms with E-state index in [1.807, 2.05) is 59.5 Å². The monoisotopic (exact) mass is 580 g/mol. The van der Waals surface area contributed by atoms with Gasteiger partial charge in [-0.3, -0.25) is 4.79 Å². The van der Waals surface area contributed by atoms with Crippen LogP contribution in [0, 0.1) is 0 Å². The summed E-state index contributed by atoms with van der Waals surface area (Å²) < 4.78 is 22.4. The Morgan fingerprint density at radius 2 is 1.70 bits per heavy atom. The first-order valence-electron chi connectivity index (χ1n) is 13.5. The maximum atomic E-state index is 13.9. The molecule has 208 valence electrons. The van der Waals surface area contributed by atoms with Crippen molar-refractivity contribution in [1.82, 2.24) is 10.2 Å². The van der Waals surface area contributed by atoms with Crippen molar-refractivity contribution in [2.24, 2.45) is 0 Å². The summed E-state index contributed by atoms with van der Waals surface area (Å²) in [5, 5.41) is 4.39. The molecule has 6 rings (SSSR count). The zero-order valence-corrected chi connectivity index (χ0v) is 23.5. The molecule has 1 fully saturated rings. The lowest BCUT2D eigenvalue weighted by Crippen LogP contribution is -2.39. The van der Waals surface area contributed by atoms with Gasteiger partial charge in [0, 0.05) is 30.8 Å². The van der Waals surface area contributed by atoms with E-state index in [1.165, 1.54) is 0 Å². The van der Waals surface area contributed by atoms with E-state index in [1.54, 1.807) is 6.07 Å². The first-order chi connectivity index (χ1) is 19.6. The molecule has 3 aromatic carbocycles. The molecule has 3 aliphatic rings. The van der Waals surface area contributed by atoms with Gasteiger partial charge < -0.3 is 29.2 Å². The first kappa shape index (κ1) is 26.8. The second kappa shape index (κ2) is 12.0. The van der Waals surface area contributed by atoms with Crippen molar-refractivity contribution >= 4 is 34.7 Å². The minimum absolute atomic E-state index is 0.0572. The number of halogens is 2. The third-order valence-corrected chi connectivity index (χ3v) is 8.12. The molecular formula is C31H30Cl2N2O5. The first-order valence-corrected chi connectivity index (χ1v) is 14.2. The molecule has 0 spiro atoms. The number of rotatable bonds is 10. The minimum atomic E-state index is 0.0572. The van der Waals surface area contributed by atoms with Gasteiger partial charge in [-0.25, -0.2) is 0 Å². The zero-order valence-electron chi connectivity index (χ0n) is 22.0. The fourth-order valence-electron chi connectivity index (χ4n) is 5.03. The molecule has 3 aromatic rings. The van der Waals surface area contributed by atoms with Gasteiger partial charge in [0.1, 0.15) is 24.7 Å². The van der Waals surface area contributed by atoms with Gasteiger partial charge in [-0.2, -0.15) is 0 Å². The Morgan fingerprint density at radius 3 is 2.50 bits per heavy atom. The molecule has 0 radical (unpaired) electrons. The van der Waals surface area contributed by atoms with Crippen molar-refractivity contribution in [3.8, 4) is 23.0 Å². The SMILES string of the molecule is O=C(C1=C(c2ccc(OCCOc3ccc4c(c3)OCO4)cc2)CCNC1)N(Cc1cccc(Cl)c1Cl)C1CC1. The fourth-order valence-corrected chi connectivity index (χ4v) is 5.41. The van der Waals surface area contributed by atoms with Crippen LogP contribution in [-0.4, -0.2) is 49.9 Å². The van der Waals surface area contributed by atoms with Crippen LogP contribution < -0.4 is 24.3 Å². The quantitative estimate of drug-likeness (QED) is 0.291. The lowest BCUT2D eigenvalue weighted by atomic mass is 9.93. The van der Waals surface area contributed by atoms with E-state index in [0.717, 1.165) is 59.6 Å². The number of nitrogens with one attached hydrogen (secondary N) is 1. The molecule has 2 heterocycles. The molecule has 0 saturated heterocycles. The average molecular weight is 581 g/mol. The highest BCUT2D eigenvalue weighted by atomic mass is 35.5. The van der Waals surface area contributed by atoms with Gasteiger partial charge in [-0.05, 0) is 72.8 Å². The van der Waals surface area contributed by atoms with Crippen molar-refractivity contribution in [3.63, 3.8) is 0 Å².